The van der Waals surface area contributed by atoms with Crippen LogP contribution in [0.2, 0.25) is 0 Å². The molecule has 0 saturated heterocycles. The summed E-state index contributed by atoms with van der Waals surface area (Å²) in [5.74, 6) is -0.962. The number of hydrogen-bond acceptors (Lipinski definition) is 5. The van der Waals surface area contributed by atoms with Crippen molar-refractivity contribution in [2.24, 2.45) is 0 Å². The number of rotatable bonds is 4. The van der Waals surface area contributed by atoms with E-state index >= 15 is 0 Å². The largest absolute Gasteiger partial charge is 0.618 e. The number of pyridine rings is 1. The maximum Gasteiger partial charge on any atom is 0.338 e. The molecule has 0 unspecified atom stereocenters. The van der Waals surface area contributed by atoms with Gasteiger partial charge in [0.25, 0.3) is 0 Å². The van der Waals surface area contributed by atoms with Gasteiger partial charge in [0.15, 0.2) is 18.4 Å². The molecular formula is C11H15NO5. The second-order valence-corrected chi connectivity index (χ2v) is 3.83. The van der Waals surface area contributed by atoms with Gasteiger partial charge in [-0.15, -0.1) is 0 Å². The number of aromatic nitrogens is 1. The molecule has 94 valence electrons. The number of esters is 1. The monoisotopic (exact) mass is 241 g/mol. The lowest BCUT2D eigenvalue weighted by atomic mass is 10.1. The predicted molar refractivity (Wildman–Crippen MR) is 57.6 cm³/mol. The predicted octanol–water partition coefficient (Wildman–Crippen LogP) is -0.334. The molecule has 2 N–H and O–H groups in total. The molecular weight excluding hydrogens is 226 g/mol. The van der Waals surface area contributed by atoms with Gasteiger partial charge in [-0.05, 0) is 19.9 Å². The van der Waals surface area contributed by atoms with Crippen molar-refractivity contribution in [3.63, 3.8) is 0 Å². The van der Waals surface area contributed by atoms with Crippen molar-refractivity contribution < 1.29 is 24.5 Å². The average Bonchev–Trinajstić information content (AvgIpc) is 2.27. The Balaban J connectivity index is 2.80. The van der Waals surface area contributed by atoms with Crippen LogP contribution in [0.4, 0.5) is 0 Å². The van der Waals surface area contributed by atoms with E-state index in [1.807, 2.05) is 0 Å². The summed E-state index contributed by atoms with van der Waals surface area (Å²) in [4.78, 5) is 11.3. The molecule has 6 nitrogen and oxygen atoms in total. The first kappa shape index (κ1) is 13.4. The van der Waals surface area contributed by atoms with Gasteiger partial charge in [0.2, 0.25) is 5.69 Å². The Kier molecular flexibility index (Phi) is 4.42. The van der Waals surface area contributed by atoms with Crippen LogP contribution in [0.3, 0.4) is 0 Å². The third kappa shape index (κ3) is 3.40. The fourth-order valence-corrected chi connectivity index (χ4v) is 1.26. The standard InChI is InChI=1S/C11H15NO5/c1-7(2)17-11(15)10(14)9(13)8-5-3-4-6-12(8)16/h3-7,9-10,13-14H,1-2H3/t9-,10+/m1/s1. The summed E-state index contributed by atoms with van der Waals surface area (Å²) in [5, 5.41) is 30.5. The molecule has 6 heteroatoms. The summed E-state index contributed by atoms with van der Waals surface area (Å²) < 4.78 is 5.12. The molecule has 0 aliphatic rings. The number of nitrogens with zero attached hydrogens (tertiary/aromatic N) is 1. The van der Waals surface area contributed by atoms with Crippen molar-refractivity contribution in [1.29, 1.82) is 0 Å². The molecule has 0 radical (unpaired) electrons. The number of carbonyl (C=O) groups is 1. The zero-order valence-corrected chi connectivity index (χ0v) is 9.61. The molecule has 0 aromatic carbocycles. The highest BCUT2D eigenvalue weighted by Crippen LogP contribution is 2.14. The zero-order valence-electron chi connectivity index (χ0n) is 9.61. The Labute approximate surface area is 98.7 Å². The third-order valence-corrected chi connectivity index (χ3v) is 2.05. The smallest absolute Gasteiger partial charge is 0.338 e. The second kappa shape index (κ2) is 5.60. The normalized spacial score (nSPS) is 14.4. The Bertz CT molecular complexity index is 393. The lowest BCUT2D eigenvalue weighted by Crippen LogP contribution is -2.39. The molecule has 0 saturated carbocycles. The Hall–Kier alpha value is -1.66. The van der Waals surface area contributed by atoms with Crippen molar-refractivity contribution in [3.05, 3.63) is 35.3 Å². The first-order chi connectivity index (χ1) is 7.93. The molecule has 0 spiro atoms. The number of ether oxygens (including phenoxy) is 1. The minimum absolute atomic E-state index is 0.110. The van der Waals surface area contributed by atoms with E-state index in [2.05, 4.69) is 0 Å². The van der Waals surface area contributed by atoms with Gasteiger partial charge in [-0.2, -0.15) is 4.73 Å². The van der Waals surface area contributed by atoms with Gasteiger partial charge in [-0.3, -0.25) is 0 Å². The summed E-state index contributed by atoms with van der Waals surface area (Å²) >= 11 is 0. The van der Waals surface area contributed by atoms with E-state index in [-0.39, 0.29) is 5.69 Å². The van der Waals surface area contributed by atoms with E-state index in [1.54, 1.807) is 13.8 Å². The summed E-state index contributed by atoms with van der Waals surface area (Å²) in [5.41, 5.74) is -0.110. The topological polar surface area (TPSA) is 93.7 Å². The Morgan fingerprint density at radius 2 is 2.06 bits per heavy atom. The van der Waals surface area contributed by atoms with Crippen molar-refractivity contribution in [1.82, 2.24) is 0 Å². The van der Waals surface area contributed by atoms with Gasteiger partial charge < -0.3 is 20.2 Å². The average molecular weight is 241 g/mol. The number of aliphatic hydroxyl groups excluding tert-OH is 2. The van der Waals surface area contributed by atoms with Gasteiger partial charge in [0.1, 0.15) is 0 Å². The molecule has 2 atom stereocenters. The molecule has 1 heterocycles. The molecule has 1 rings (SSSR count). The minimum atomic E-state index is -1.78. The van der Waals surface area contributed by atoms with Gasteiger partial charge in [-0.25, -0.2) is 4.79 Å². The van der Waals surface area contributed by atoms with Crippen LogP contribution >= 0.6 is 0 Å². The van der Waals surface area contributed by atoms with Crippen molar-refractivity contribution in [2.75, 3.05) is 0 Å². The van der Waals surface area contributed by atoms with Crippen molar-refractivity contribution in [3.8, 4) is 0 Å². The Morgan fingerprint density at radius 1 is 1.41 bits per heavy atom. The van der Waals surface area contributed by atoms with Crippen LogP contribution in [-0.2, 0) is 9.53 Å². The molecule has 0 aliphatic carbocycles. The molecule has 0 bridgehead atoms. The highest BCUT2D eigenvalue weighted by Gasteiger charge is 2.32. The zero-order chi connectivity index (χ0) is 13.0. The molecule has 0 amide bonds. The van der Waals surface area contributed by atoms with E-state index in [1.165, 1.54) is 24.4 Å². The lowest BCUT2D eigenvalue weighted by Gasteiger charge is -2.17. The van der Waals surface area contributed by atoms with E-state index in [0.717, 1.165) is 0 Å². The summed E-state index contributed by atoms with van der Waals surface area (Å²) in [6.07, 6.45) is -2.63. The maximum absolute atomic E-state index is 11.3. The van der Waals surface area contributed by atoms with E-state index in [4.69, 9.17) is 4.74 Å². The minimum Gasteiger partial charge on any atom is -0.618 e. The SMILES string of the molecule is CC(C)OC(=O)[C@@H](O)[C@H](O)c1cccc[n+]1[O-]. The quantitative estimate of drug-likeness (QED) is 0.427. The molecule has 1 aromatic heterocycles. The molecule has 0 aliphatic heterocycles. The number of aliphatic hydroxyl groups is 2. The summed E-state index contributed by atoms with van der Waals surface area (Å²) in [6, 6.07) is 4.32. The fourth-order valence-electron chi connectivity index (χ4n) is 1.26. The molecule has 0 fully saturated rings. The van der Waals surface area contributed by atoms with Gasteiger partial charge in [-0.1, -0.05) is 0 Å². The summed E-state index contributed by atoms with van der Waals surface area (Å²) in [6.45, 7) is 3.24. The van der Waals surface area contributed by atoms with Crippen LogP contribution in [-0.4, -0.2) is 28.4 Å². The van der Waals surface area contributed by atoms with E-state index in [9.17, 15) is 20.2 Å². The first-order valence-electron chi connectivity index (χ1n) is 5.18. The Morgan fingerprint density at radius 3 is 2.59 bits per heavy atom. The van der Waals surface area contributed by atoms with Crippen molar-refractivity contribution >= 4 is 5.97 Å². The summed E-state index contributed by atoms with van der Waals surface area (Å²) in [7, 11) is 0. The molecule has 17 heavy (non-hydrogen) atoms. The van der Waals surface area contributed by atoms with Crippen LogP contribution in [0.5, 0.6) is 0 Å². The van der Waals surface area contributed by atoms with Crippen LogP contribution in [0.25, 0.3) is 0 Å². The van der Waals surface area contributed by atoms with E-state index < -0.39 is 24.3 Å². The van der Waals surface area contributed by atoms with Crippen LogP contribution in [0, 0.1) is 5.21 Å². The van der Waals surface area contributed by atoms with Crippen LogP contribution < -0.4 is 4.73 Å². The van der Waals surface area contributed by atoms with Crippen LogP contribution in [0.1, 0.15) is 25.6 Å². The van der Waals surface area contributed by atoms with Gasteiger partial charge in [0, 0.05) is 12.1 Å². The maximum atomic E-state index is 11.3. The van der Waals surface area contributed by atoms with Gasteiger partial charge >= 0.3 is 5.97 Å². The van der Waals surface area contributed by atoms with Crippen molar-refractivity contribution in [2.45, 2.75) is 32.2 Å². The third-order valence-electron chi connectivity index (χ3n) is 2.05. The number of hydrogen-bond donors (Lipinski definition) is 2. The van der Waals surface area contributed by atoms with Crippen LogP contribution in [0.15, 0.2) is 24.4 Å². The second-order valence-electron chi connectivity index (χ2n) is 3.83. The number of carbonyl (C=O) groups excluding carboxylic acids is 1. The lowest BCUT2D eigenvalue weighted by molar-refractivity contribution is -0.619. The van der Waals surface area contributed by atoms with Gasteiger partial charge in [0.05, 0.1) is 6.10 Å². The fraction of sp³-hybridized carbons (Fsp3) is 0.455. The highest BCUT2D eigenvalue weighted by molar-refractivity contribution is 5.75. The molecule has 1 aromatic rings. The highest BCUT2D eigenvalue weighted by atomic mass is 16.6. The van der Waals surface area contributed by atoms with E-state index in [0.29, 0.717) is 4.73 Å². The first-order valence-corrected chi connectivity index (χ1v) is 5.18.